The molecular formula is C15H20N4O2S. The minimum Gasteiger partial charge on any atom is -0.497 e. The van der Waals surface area contributed by atoms with Crippen LogP contribution < -0.4 is 20.1 Å². The summed E-state index contributed by atoms with van der Waals surface area (Å²) >= 11 is 5.28. The molecule has 0 fully saturated rings. The summed E-state index contributed by atoms with van der Waals surface area (Å²) in [6.45, 7) is 1.63. The Hall–Kier alpha value is -2.28. The Balaban J connectivity index is 1.78. The average Bonchev–Trinajstić information content (AvgIpc) is 3.04. The van der Waals surface area contributed by atoms with E-state index in [1.165, 1.54) is 0 Å². The van der Waals surface area contributed by atoms with Crippen molar-refractivity contribution in [3.63, 3.8) is 0 Å². The highest BCUT2D eigenvalue weighted by Gasteiger charge is 2.03. The fraction of sp³-hybridized carbons (Fsp3) is 0.333. The first-order valence-electron chi connectivity index (χ1n) is 6.96. The van der Waals surface area contributed by atoms with Crippen molar-refractivity contribution in [2.45, 2.75) is 13.0 Å². The quantitative estimate of drug-likeness (QED) is 0.603. The summed E-state index contributed by atoms with van der Waals surface area (Å²) in [5.41, 5.74) is 0.820. The minimum atomic E-state index is 0.566. The molecule has 6 nitrogen and oxygen atoms in total. The van der Waals surface area contributed by atoms with Gasteiger partial charge in [0.25, 0.3) is 0 Å². The van der Waals surface area contributed by atoms with Gasteiger partial charge in [-0.25, -0.2) is 0 Å². The van der Waals surface area contributed by atoms with Gasteiger partial charge < -0.3 is 20.1 Å². The number of anilines is 1. The number of rotatable bonds is 7. The van der Waals surface area contributed by atoms with Crippen LogP contribution in [0.4, 0.5) is 5.69 Å². The Kier molecular flexibility index (Phi) is 6.02. The lowest BCUT2D eigenvalue weighted by atomic mass is 10.3. The molecule has 2 aromatic rings. The lowest BCUT2D eigenvalue weighted by Crippen LogP contribution is -2.29. The Morgan fingerprint density at radius 2 is 1.95 bits per heavy atom. The topological polar surface area (TPSA) is 60.3 Å². The van der Waals surface area contributed by atoms with Crippen molar-refractivity contribution < 1.29 is 9.47 Å². The third-order valence-corrected chi connectivity index (χ3v) is 3.26. The van der Waals surface area contributed by atoms with Crippen LogP contribution in [0.5, 0.6) is 11.5 Å². The van der Waals surface area contributed by atoms with E-state index >= 15 is 0 Å². The Labute approximate surface area is 135 Å². The molecule has 1 aromatic heterocycles. The highest BCUT2D eigenvalue weighted by molar-refractivity contribution is 7.80. The summed E-state index contributed by atoms with van der Waals surface area (Å²) in [6.07, 6.45) is 4.65. The van der Waals surface area contributed by atoms with Gasteiger partial charge in [-0.2, -0.15) is 5.10 Å². The van der Waals surface area contributed by atoms with E-state index in [0.29, 0.717) is 16.6 Å². The number of methoxy groups -OCH3 is 2. The van der Waals surface area contributed by atoms with E-state index in [1.807, 2.05) is 35.1 Å². The molecule has 0 saturated heterocycles. The molecule has 2 N–H and O–H groups in total. The molecule has 0 atom stereocenters. The smallest absolute Gasteiger partial charge is 0.170 e. The second kappa shape index (κ2) is 8.23. The number of hydrogen-bond donors (Lipinski definition) is 2. The average molecular weight is 320 g/mol. The molecule has 2 rings (SSSR count). The van der Waals surface area contributed by atoms with E-state index in [-0.39, 0.29) is 0 Å². The molecule has 22 heavy (non-hydrogen) atoms. The number of nitrogens with one attached hydrogen (secondary N) is 2. The van der Waals surface area contributed by atoms with Gasteiger partial charge in [-0.1, -0.05) is 0 Å². The predicted octanol–water partition coefficient (Wildman–Crippen LogP) is 2.28. The largest absolute Gasteiger partial charge is 0.497 e. The first-order chi connectivity index (χ1) is 10.7. The summed E-state index contributed by atoms with van der Waals surface area (Å²) in [5, 5.41) is 11.0. The normalized spacial score (nSPS) is 10.1. The maximum Gasteiger partial charge on any atom is 0.170 e. The fourth-order valence-electron chi connectivity index (χ4n) is 1.93. The Morgan fingerprint density at radius 1 is 1.23 bits per heavy atom. The van der Waals surface area contributed by atoms with Crippen molar-refractivity contribution >= 4 is 23.0 Å². The number of benzene rings is 1. The molecule has 1 aromatic carbocycles. The van der Waals surface area contributed by atoms with Crippen molar-refractivity contribution in [1.29, 1.82) is 0 Å². The standard InChI is InChI=1S/C15H20N4O2S/c1-20-13-9-12(10-14(11-13)21-2)18-15(22)16-5-3-7-19-8-4-6-17-19/h4,6,8-11H,3,5,7H2,1-2H3,(H2,16,18,22). The summed E-state index contributed by atoms with van der Waals surface area (Å²) in [5.74, 6) is 1.42. The molecule has 0 aliphatic heterocycles. The molecule has 0 unspecified atom stereocenters. The van der Waals surface area contributed by atoms with E-state index in [2.05, 4.69) is 15.7 Å². The van der Waals surface area contributed by atoms with Gasteiger partial charge in [-0.05, 0) is 24.7 Å². The van der Waals surface area contributed by atoms with E-state index in [9.17, 15) is 0 Å². The van der Waals surface area contributed by atoms with E-state index in [0.717, 1.165) is 25.2 Å². The number of thiocarbonyl (C=S) groups is 1. The Morgan fingerprint density at radius 3 is 2.55 bits per heavy atom. The zero-order valence-electron chi connectivity index (χ0n) is 12.7. The van der Waals surface area contributed by atoms with E-state index in [1.54, 1.807) is 20.4 Å². The van der Waals surface area contributed by atoms with Crippen LogP contribution in [0.3, 0.4) is 0 Å². The highest BCUT2D eigenvalue weighted by atomic mass is 32.1. The monoisotopic (exact) mass is 320 g/mol. The highest BCUT2D eigenvalue weighted by Crippen LogP contribution is 2.25. The molecule has 0 aliphatic carbocycles. The van der Waals surface area contributed by atoms with Crippen molar-refractivity contribution in [2.75, 3.05) is 26.1 Å². The van der Waals surface area contributed by atoms with Crippen molar-refractivity contribution in [3.8, 4) is 11.5 Å². The van der Waals surface area contributed by atoms with Crippen LogP contribution in [0.2, 0.25) is 0 Å². The minimum absolute atomic E-state index is 0.566. The number of aryl methyl sites for hydroxylation is 1. The van der Waals surface area contributed by atoms with Crippen LogP contribution in [-0.4, -0.2) is 35.7 Å². The molecule has 0 saturated carbocycles. The zero-order valence-corrected chi connectivity index (χ0v) is 13.5. The molecule has 7 heteroatoms. The molecule has 118 valence electrons. The van der Waals surface area contributed by atoms with Gasteiger partial charge in [-0.3, -0.25) is 4.68 Å². The molecule has 1 heterocycles. The van der Waals surface area contributed by atoms with Gasteiger partial charge in [0.1, 0.15) is 11.5 Å². The molecule has 0 amide bonds. The van der Waals surface area contributed by atoms with E-state index < -0.39 is 0 Å². The number of hydrogen-bond acceptors (Lipinski definition) is 4. The predicted molar refractivity (Wildman–Crippen MR) is 90.6 cm³/mol. The van der Waals surface area contributed by atoms with Crippen molar-refractivity contribution in [3.05, 3.63) is 36.7 Å². The van der Waals surface area contributed by atoms with Crippen LogP contribution in [-0.2, 0) is 6.54 Å². The van der Waals surface area contributed by atoms with Crippen LogP contribution in [0.15, 0.2) is 36.7 Å². The van der Waals surface area contributed by atoms with Crippen molar-refractivity contribution in [2.24, 2.45) is 0 Å². The number of aromatic nitrogens is 2. The lowest BCUT2D eigenvalue weighted by Gasteiger charge is -2.13. The molecule has 0 bridgehead atoms. The maximum absolute atomic E-state index is 5.28. The van der Waals surface area contributed by atoms with Crippen LogP contribution in [0.1, 0.15) is 6.42 Å². The second-order valence-corrected chi connectivity index (χ2v) is 5.01. The van der Waals surface area contributed by atoms with Crippen LogP contribution in [0.25, 0.3) is 0 Å². The first-order valence-corrected chi connectivity index (χ1v) is 7.37. The third kappa shape index (κ3) is 4.92. The third-order valence-electron chi connectivity index (χ3n) is 3.02. The SMILES string of the molecule is COc1cc(NC(=S)NCCCn2cccn2)cc(OC)c1. The second-order valence-electron chi connectivity index (χ2n) is 4.60. The molecular weight excluding hydrogens is 300 g/mol. The van der Waals surface area contributed by atoms with Gasteiger partial charge in [0.15, 0.2) is 5.11 Å². The molecule has 0 radical (unpaired) electrons. The van der Waals surface area contributed by atoms with Crippen molar-refractivity contribution in [1.82, 2.24) is 15.1 Å². The zero-order chi connectivity index (χ0) is 15.8. The van der Waals surface area contributed by atoms with Gasteiger partial charge in [-0.15, -0.1) is 0 Å². The summed E-state index contributed by atoms with van der Waals surface area (Å²) in [6, 6.07) is 7.45. The van der Waals surface area contributed by atoms with Crippen LogP contribution >= 0.6 is 12.2 Å². The summed E-state index contributed by atoms with van der Waals surface area (Å²) < 4.78 is 12.3. The summed E-state index contributed by atoms with van der Waals surface area (Å²) in [7, 11) is 3.23. The van der Waals surface area contributed by atoms with Gasteiger partial charge >= 0.3 is 0 Å². The summed E-state index contributed by atoms with van der Waals surface area (Å²) in [4.78, 5) is 0. The van der Waals surface area contributed by atoms with Crippen LogP contribution in [0, 0.1) is 0 Å². The molecule has 0 spiro atoms. The van der Waals surface area contributed by atoms with Gasteiger partial charge in [0.05, 0.1) is 14.2 Å². The van der Waals surface area contributed by atoms with Gasteiger partial charge in [0, 0.05) is 49.4 Å². The number of nitrogens with zero attached hydrogens (tertiary/aromatic N) is 2. The Bertz CT molecular complexity index is 579. The van der Waals surface area contributed by atoms with Gasteiger partial charge in [0.2, 0.25) is 0 Å². The van der Waals surface area contributed by atoms with E-state index in [4.69, 9.17) is 21.7 Å². The lowest BCUT2D eigenvalue weighted by molar-refractivity contribution is 0.395. The first kappa shape index (κ1) is 16.1. The molecule has 0 aliphatic rings. The maximum atomic E-state index is 5.28. The fourth-order valence-corrected chi connectivity index (χ4v) is 2.15. The number of ether oxygens (including phenoxy) is 2.